The Morgan fingerprint density at radius 1 is 0.964 bits per heavy atom. The molecule has 0 saturated heterocycles. The molecule has 0 atom stereocenters. The van der Waals surface area contributed by atoms with Gasteiger partial charge in [0, 0.05) is 25.2 Å². The highest BCUT2D eigenvalue weighted by molar-refractivity contribution is 5.85. The molecule has 1 saturated carbocycles. The number of rotatable bonds is 6. The Balaban J connectivity index is 0.00000280. The van der Waals surface area contributed by atoms with Gasteiger partial charge in [0.05, 0.1) is 0 Å². The summed E-state index contributed by atoms with van der Waals surface area (Å²) in [7, 11) is 0. The minimum absolute atomic E-state index is 0. The molecule has 0 unspecified atom stereocenters. The maximum Gasteiger partial charge on any atom is 0.407 e. The van der Waals surface area contributed by atoms with Crippen molar-refractivity contribution in [3.8, 4) is 0 Å². The summed E-state index contributed by atoms with van der Waals surface area (Å²) in [5, 5.41) is 3.00. The van der Waals surface area contributed by atoms with Gasteiger partial charge in [0.25, 0.3) is 0 Å². The van der Waals surface area contributed by atoms with E-state index in [0.717, 1.165) is 25.9 Å². The number of carbonyl (C=O) groups is 1. The van der Waals surface area contributed by atoms with Crippen molar-refractivity contribution in [1.82, 2.24) is 10.2 Å². The van der Waals surface area contributed by atoms with Gasteiger partial charge < -0.3 is 10.1 Å². The Kier molecular flexibility index (Phi) is 7.90. The molecule has 2 aromatic carbocycles. The van der Waals surface area contributed by atoms with Gasteiger partial charge in [-0.25, -0.2) is 4.79 Å². The lowest BCUT2D eigenvalue weighted by molar-refractivity contribution is 0.0367. The molecule has 152 valence electrons. The first-order valence-corrected chi connectivity index (χ1v) is 9.70. The molecule has 0 aromatic heterocycles. The Bertz CT molecular complexity index is 684. The molecule has 0 spiro atoms. The van der Waals surface area contributed by atoms with E-state index in [-0.39, 0.29) is 24.5 Å². The lowest BCUT2D eigenvalue weighted by Crippen LogP contribution is -2.54. The monoisotopic (exact) mass is 402 g/mol. The van der Waals surface area contributed by atoms with Crippen LogP contribution in [0.3, 0.4) is 0 Å². The summed E-state index contributed by atoms with van der Waals surface area (Å²) in [6.45, 7) is 7.49. The molecule has 0 aliphatic heterocycles. The first kappa shape index (κ1) is 22.3. The van der Waals surface area contributed by atoms with Gasteiger partial charge in [-0.2, -0.15) is 0 Å². The molecular weight excluding hydrogens is 372 g/mol. The van der Waals surface area contributed by atoms with Crippen molar-refractivity contribution < 1.29 is 9.53 Å². The number of hydrogen-bond donors (Lipinski definition) is 1. The summed E-state index contributed by atoms with van der Waals surface area (Å²) in [6, 6.07) is 21.8. The maximum absolute atomic E-state index is 12.0. The van der Waals surface area contributed by atoms with E-state index in [9.17, 15) is 4.79 Å². The Morgan fingerprint density at radius 3 is 1.86 bits per heavy atom. The number of nitrogens with zero attached hydrogens (tertiary/aromatic N) is 1. The molecule has 28 heavy (non-hydrogen) atoms. The number of carbonyl (C=O) groups excluding carboxylic acids is 1. The summed E-state index contributed by atoms with van der Waals surface area (Å²) in [4.78, 5) is 14.5. The summed E-state index contributed by atoms with van der Waals surface area (Å²) in [6.07, 6.45) is 1.60. The first-order chi connectivity index (χ1) is 12.9. The summed E-state index contributed by atoms with van der Waals surface area (Å²) < 4.78 is 5.37. The second-order valence-corrected chi connectivity index (χ2v) is 8.34. The topological polar surface area (TPSA) is 41.6 Å². The van der Waals surface area contributed by atoms with Crippen molar-refractivity contribution in [1.29, 1.82) is 0 Å². The minimum atomic E-state index is -0.458. The molecule has 1 amide bonds. The molecule has 1 fully saturated rings. The van der Waals surface area contributed by atoms with Crippen molar-refractivity contribution >= 4 is 18.5 Å². The standard InChI is InChI=1S/C23H30N2O2.ClH/c1-23(2,3)27-22(26)24-20-14-21(15-20)25(16-18-10-6-4-7-11-18)17-19-12-8-5-9-13-19;/h4-13,20-21H,14-17H2,1-3H3,(H,24,26);1H. The van der Waals surface area contributed by atoms with Crippen molar-refractivity contribution in [2.75, 3.05) is 0 Å². The molecule has 0 radical (unpaired) electrons. The van der Waals surface area contributed by atoms with Crippen LogP contribution in [0, 0.1) is 0 Å². The highest BCUT2D eigenvalue weighted by atomic mass is 35.5. The third kappa shape index (κ3) is 6.84. The lowest BCUT2D eigenvalue weighted by atomic mass is 9.85. The summed E-state index contributed by atoms with van der Waals surface area (Å²) in [5.74, 6) is 0. The molecule has 0 heterocycles. The number of alkyl carbamates (subject to hydrolysis) is 1. The van der Waals surface area contributed by atoms with Crippen molar-refractivity contribution in [3.05, 3.63) is 71.8 Å². The summed E-state index contributed by atoms with van der Waals surface area (Å²) >= 11 is 0. The number of halogens is 1. The highest BCUT2D eigenvalue weighted by Crippen LogP contribution is 2.29. The SMILES string of the molecule is CC(C)(C)OC(=O)NC1CC(N(Cc2ccccc2)Cc2ccccc2)C1.Cl. The van der Waals surface area contributed by atoms with Gasteiger partial charge >= 0.3 is 6.09 Å². The largest absolute Gasteiger partial charge is 0.444 e. The molecular formula is C23H31ClN2O2. The van der Waals surface area contributed by atoms with Crippen LogP contribution in [0.4, 0.5) is 4.79 Å². The van der Waals surface area contributed by atoms with E-state index in [1.807, 2.05) is 20.8 Å². The van der Waals surface area contributed by atoms with Gasteiger partial charge in [-0.05, 0) is 44.7 Å². The van der Waals surface area contributed by atoms with Crippen LogP contribution in [-0.4, -0.2) is 28.7 Å². The van der Waals surface area contributed by atoms with Crippen molar-refractivity contribution in [2.24, 2.45) is 0 Å². The van der Waals surface area contributed by atoms with Crippen LogP contribution < -0.4 is 5.32 Å². The van der Waals surface area contributed by atoms with Crippen LogP contribution >= 0.6 is 12.4 Å². The van der Waals surface area contributed by atoms with E-state index < -0.39 is 5.60 Å². The van der Waals surface area contributed by atoms with Gasteiger partial charge in [-0.3, -0.25) is 4.90 Å². The average Bonchev–Trinajstić information content (AvgIpc) is 2.57. The zero-order valence-corrected chi connectivity index (χ0v) is 17.7. The average molecular weight is 403 g/mol. The molecule has 3 rings (SSSR count). The van der Waals surface area contributed by atoms with E-state index >= 15 is 0 Å². The third-order valence-corrected chi connectivity index (χ3v) is 4.81. The fourth-order valence-electron chi connectivity index (χ4n) is 3.43. The lowest BCUT2D eigenvalue weighted by Gasteiger charge is -2.43. The fourth-order valence-corrected chi connectivity index (χ4v) is 3.43. The van der Waals surface area contributed by atoms with Crippen LogP contribution in [-0.2, 0) is 17.8 Å². The molecule has 4 nitrogen and oxygen atoms in total. The minimum Gasteiger partial charge on any atom is -0.444 e. The Hall–Kier alpha value is -2.04. The van der Waals surface area contributed by atoms with Gasteiger partial charge in [0.2, 0.25) is 0 Å². The van der Waals surface area contributed by atoms with Crippen LogP contribution in [0.25, 0.3) is 0 Å². The molecule has 2 aromatic rings. The number of amides is 1. The zero-order chi connectivity index (χ0) is 19.3. The number of benzene rings is 2. The normalized spacial score (nSPS) is 18.7. The van der Waals surface area contributed by atoms with E-state index in [1.54, 1.807) is 0 Å². The second-order valence-electron chi connectivity index (χ2n) is 8.34. The molecule has 1 aliphatic carbocycles. The van der Waals surface area contributed by atoms with Crippen molar-refractivity contribution in [2.45, 2.75) is 64.4 Å². The quantitative estimate of drug-likeness (QED) is 0.724. The molecule has 5 heteroatoms. The van der Waals surface area contributed by atoms with Crippen LogP contribution in [0.1, 0.15) is 44.7 Å². The third-order valence-electron chi connectivity index (χ3n) is 4.81. The fraction of sp³-hybridized carbons (Fsp3) is 0.435. The van der Waals surface area contributed by atoms with E-state index in [1.165, 1.54) is 11.1 Å². The Morgan fingerprint density at radius 2 is 1.43 bits per heavy atom. The van der Waals surface area contributed by atoms with E-state index in [2.05, 4.69) is 70.9 Å². The smallest absolute Gasteiger partial charge is 0.407 e. The number of ether oxygens (including phenoxy) is 1. The predicted molar refractivity (Wildman–Crippen MR) is 116 cm³/mol. The maximum atomic E-state index is 12.0. The predicted octanol–water partition coefficient (Wildman–Crippen LogP) is 5.17. The Labute approximate surface area is 174 Å². The van der Waals surface area contributed by atoms with Gasteiger partial charge in [-0.1, -0.05) is 60.7 Å². The number of hydrogen-bond acceptors (Lipinski definition) is 3. The van der Waals surface area contributed by atoms with Crippen molar-refractivity contribution in [3.63, 3.8) is 0 Å². The second kappa shape index (κ2) is 9.94. The molecule has 0 bridgehead atoms. The number of nitrogens with one attached hydrogen (secondary N) is 1. The zero-order valence-electron chi connectivity index (χ0n) is 16.9. The highest BCUT2D eigenvalue weighted by Gasteiger charge is 2.35. The first-order valence-electron chi connectivity index (χ1n) is 9.70. The van der Waals surface area contributed by atoms with Crippen LogP contribution in [0.15, 0.2) is 60.7 Å². The van der Waals surface area contributed by atoms with Gasteiger partial charge in [0.1, 0.15) is 5.60 Å². The molecule has 1 aliphatic rings. The van der Waals surface area contributed by atoms with Gasteiger partial charge in [-0.15, -0.1) is 12.4 Å². The van der Waals surface area contributed by atoms with Gasteiger partial charge in [0.15, 0.2) is 0 Å². The van der Waals surface area contributed by atoms with E-state index in [4.69, 9.17) is 4.74 Å². The summed E-state index contributed by atoms with van der Waals surface area (Å²) in [5.41, 5.74) is 2.17. The van der Waals surface area contributed by atoms with Crippen LogP contribution in [0.2, 0.25) is 0 Å². The van der Waals surface area contributed by atoms with E-state index in [0.29, 0.717) is 6.04 Å². The molecule has 1 N–H and O–H groups in total. The van der Waals surface area contributed by atoms with Crippen LogP contribution in [0.5, 0.6) is 0 Å².